The molecule has 20 heavy (non-hydrogen) atoms. The summed E-state index contributed by atoms with van der Waals surface area (Å²) in [5.74, 6) is 1.94. The van der Waals surface area contributed by atoms with Crippen LogP contribution in [0.15, 0.2) is 34.9 Å². The molecule has 108 valence electrons. The Bertz CT molecular complexity index is 536. The number of hydrogen-bond acceptors (Lipinski definition) is 4. The first kappa shape index (κ1) is 14.6. The topological polar surface area (TPSA) is 41.3 Å². The third-order valence-electron chi connectivity index (χ3n) is 3.20. The maximum absolute atomic E-state index is 5.33. The fourth-order valence-electron chi connectivity index (χ4n) is 2.12. The molecule has 2 heterocycles. The Morgan fingerprint density at radius 1 is 1.25 bits per heavy atom. The van der Waals surface area contributed by atoms with Gasteiger partial charge < -0.3 is 9.73 Å². The molecule has 0 aliphatic carbocycles. The first-order valence-electron chi connectivity index (χ1n) is 7.10. The number of hydrogen-bond donors (Lipinski definition) is 1. The lowest BCUT2D eigenvalue weighted by molar-refractivity contribution is 0.312. The molecule has 0 unspecified atom stereocenters. The highest BCUT2D eigenvalue weighted by atomic mass is 16.3. The van der Waals surface area contributed by atoms with Crippen molar-refractivity contribution < 1.29 is 4.42 Å². The van der Waals surface area contributed by atoms with E-state index in [-0.39, 0.29) is 0 Å². The van der Waals surface area contributed by atoms with Gasteiger partial charge in [0.2, 0.25) is 0 Å². The highest BCUT2D eigenvalue weighted by Crippen LogP contribution is 2.13. The van der Waals surface area contributed by atoms with Gasteiger partial charge in [0.15, 0.2) is 0 Å². The molecule has 1 N–H and O–H groups in total. The van der Waals surface area contributed by atoms with Crippen molar-refractivity contribution in [1.29, 1.82) is 0 Å². The highest BCUT2D eigenvalue weighted by molar-refractivity contribution is 5.35. The first-order valence-corrected chi connectivity index (χ1v) is 7.10. The molecule has 0 amide bonds. The van der Waals surface area contributed by atoms with Gasteiger partial charge >= 0.3 is 0 Å². The van der Waals surface area contributed by atoms with Crippen molar-refractivity contribution >= 4 is 5.82 Å². The first-order chi connectivity index (χ1) is 9.69. The molecule has 0 aliphatic heterocycles. The van der Waals surface area contributed by atoms with Gasteiger partial charge in [-0.1, -0.05) is 13.0 Å². The summed E-state index contributed by atoms with van der Waals surface area (Å²) in [5, 5.41) is 3.32. The number of furan rings is 1. The van der Waals surface area contributed by atoms with Gasteiger partial charge in [-0.05, 0) is 38.6 Å². The summed E-state index contributed by atoms with van der Waals surface area (Å²) in [6, 6.07) is 8.16. The highest BCUT2D eigenvalue weighted by Gasteiger charge is 2.07. The van der Waals surface area contributed by atoms with Crippen LogP contribution in [0.3, 0.4) is 0 Å². The average molecular weight is 273 g/mol. The van der Waals surface area contributed by atoms with Crippen LogP contribution in [0.5, 0.6) is 0 Å². The second-order valence-corrected chi connectivity index (χ2v) is 5.12. The van der Waals surface area contributed by atoms with Crippen LogP contribution in [0.25, 0.3) is 0 Å². The predicted octanol–water partition coefficient (Wildman–Crippen LogP) is 3.44. The fourth-order valence-corrected chi connectivity index (χ4v) is 2.12. The van der Waals surface area contributed by atoms with E-state index >= 15 is 0 Å². The lowest BCUT2D eigenvalue weighted by atomic mass is 10.2. The van der Waals surface area contributed by atoms with Gasteiger partial charge in [-0.2, -0.15) is 0 Å². The van der Waals surface area contributed by atoms with Gasteiger partial charge in [-0.3, -0.25) is 4.90 Å². The number of rotatable bonds is 7. The SMILES string of the molecule is CCCNc1cccc(CN(C)Cc2ccoc2C)n1. The van der Waals surface area contributed by atoms with Crippen LogP contribution >= 0.6 is 0 Å². The third kappa shape index (κ3) is 4.10. The van der Waals surface area contributed by atoms with Gasteiger partial charge in [0.05, 0.1) is 12.0 Å². The van der Waals surface area contributed by atoms with Crippen LogP contribution in [0.1, 0.15) is 30.4 Å². The van der Waals surface area contributed by atoms with E-state index in [2.05, 4.69) is 41.3 Å². The minimum atomic E-state index is 0.826. The smallest absolute Gasteiger partial charge is 0.126 e. The molecule has 4 nitrogen and oxygen atoms in total. The largest absolute Gasteiger partial charge is 0.469 e. The van der Waals surface area contributed by atoms with Crippen LogP contribution in [0.4, 0.5) is 5.82 Å². The average Bonchev–Trinajstić information content (AvgIpc) is 2.82. The van der Waals surface area contributed by atoms with Crippen molar-refractivity contribution in [2.24, 2.45) is 0 Å². The molecular weight excluding hydrogens is 250 g/mol. The van der Waals surface area contributed by atoms with E-state index in [0.717, 1.165) is 43.3 Å². The minimum absolute atomic E-state index is 0.826. The molecule has 0 fully saturated rings. The molecule has 2 rings (SSSR count). The van der Waals surface area contributed by atoms with Crippen molar-refractivity contribution in [2.75, 3.05) is 18.9 Å². The molecule has 2 aromatic rings. The molecule has 0 radical (unpaired) electrons. The normalized spacial score (nSPS) is 11.0. The molecule has 0 bridgehead atoms. The summed E-state index contributed by atoms with van der Waals surface area (Å²) in [7, 11) is 2.10. The Hall–Kier alpha value is -1.81. The number of nitrogens with zero attached hydrogens (tertiary/aromatic N) is 2. The van der Waals surface area contributed by atoms with Crippen molar-refractivity contribution in [3.8, 4) is 0 Å². The van der Waals surface area contributed by atoms with E-state index in [0.29, 0.717) is 0 Å². The molecule has 0 spiro atoms. The van der Waals surface area contributed by atoms with Crippen LogP contribution in [-0.4, -0.2) is 23.5 Å². The summed E-state index contributed by atoms with van der Waals surface area (Å²) in [4.78, 5) is 6.87. The van der Waals surface area contributed by atoms with Crippen LogP contribution in [-0.2, 0) is 13.1 Å². The van der Waals surface area contributed by atoms with E-state index in [4.69, 9.17) is 4.42 Å². The van der Waals surface area contributed by atoms with E-state index in [1.54, 1.807) is 6.26 Å². The number of aryl methyl sites for hydroxylation is 1. The summed E-state index contributed by atoms with van der Waals surface area (Å²) >= 11 is 0. The second kappa shape index (κ2) is 7.10. The molecular formula is C16H23N3O. The quantitative estimate of drug-likeness (QED) is 0.839. The molecule has 0 atom stereocenters. The molecule has 0 saturated carbocycles. The summed E-state index contributed by atoms with van der Waals surface area (Å²) in [5.41, 5.74) is 2.31. The van der Waals surface area contributed by atoms with Gasteiger partial charge in [-0.15, -0.1) is 0 Å². The van der Waals surface area contributed by atoms with Crippen molar-refractivity contribution in [1.82, 2.24) is 9.88 Å². The zero-order valence-corrected chi connectivity index (χ0v) is 12.5. The Morgan fingerprint density at radius 3 is 2.80 bits per heavy atom. The molecule has 0 saturated heterocycles. The summed E-state index contributed by atoms with van der Waals surface area (Å²) in [6.45, 7) is 6.80. The van der Waals surface area contributed by atoms with E-state index in [1.165, 1.54) is 5.56 Å². The summed E-state index contributed by atoms with van der Waals surface area (Å²) < 4.78 is 5.33. The van der Waals surface area contributed by atoms with Crippen molar-refractivity contribution in [3.05, 3.63) is 47.5 Å². The van der Waals surface area contributed by atoms with E-state index < -0.39 is 0 Å². The Kier molecular flexibility index (Phi) is 5.18. The zero-order valence-electron chi connectivity index (χ0n) is 12.5. The number of nitrogens with one attached hydrogen (secondary N) is 1. The van der Waals surface area contributed by atoms with Crippen molar-refractivity contribution in [2.45, 2.75) is 33.4 Å². The zero-order chi connectivity index (χ0) is 14.4. The second-order valence-electron chi connectivity index (χ2n) is 5.12. The maximum atomic E-state index is 5.33. The van der Waals surface area contributed by atoms with E-state index in [1.807, 2.05) is 19.1 Å². The monoisotopic (exact) mass is 273 g/mol. The van der Waals surface area contributed by atoms with Gasteiger partial charge in [0, 0.05) is 25.2 Å². The Balaban J connectivity index is 1.93. The van der Waals surface area contributed by atoms with Crippen LogP contribution in [0.2, 0.25) is 0 Å². The van der Waals surface area contributed by atoms with E-state index in [9.17, 15) is 0 Å². The van der Waals surface area contributed by atoms with Crippen LogP contribution in [0, 0.1) is 6.92 Å². The van der Waals surface area contributed by atoms with Crippen LogP contribution < -0.4 is 5.32 Å². The Labute approximate surface area is 120 Å². The lowest BCUT2D eigenvalue weighted by Gasteiger charge is -2.16. The number of anilines is 1. The third-order valence-corrected chi connectivity index (χ3v) is 3.20. The van der Waals surface area contributed by atoms with Crippen molar-refractivity contribution in [3.63, 3.8) is 0 Å². The molecule has 0 aliphatic rings. The summed E-state index contributed by atoms with van der Waals surface area (Å²) in [6.07, 6.45) is 2.84. The van der Waals surface area contributed by atoms with Gasteiger partial charge in [0.25, 0.3) is 0 Å². The molecule has 0 aromatic carbocycles. The standard InChI is InChI=1S/C16H23N3O/c1-4-9-17-16-7-5-6-15(18-16)12-19(3)11-14-8-10-20-13(14)2/h5-8,10H,4,9,11-12H2,1-3H3,(H,17,18). The molecule has 4 heteroatoms. The molecule has 2 aromatic heterocycles. The van der Waals surface area contributed by atoms with Gasteiger partial charge in [0.1, 0.15) is 11.6 Å². The van der Waals surface area contributed by atoms with Gasteiger partial charge in [-0.25, -0.2) is 4.98 Å². The fraction of sp³-hybridized carbons (Fsp3) is 0.438. The number of pyridine rings is 1. The number of aromatic nitrogens is 1. The minimum Gasteiger partial charge on any atom is -0.469 e. The maximum Gasteiger partial charge on any atom is 0.126 e. The lowest BCUT2D eigenvalue weighted by Crippen LogP contribution is -2.18. The predicted molar refractivity (Wildman–Crippen MR) is 81.6 cm³/mol. The Morgan fingerprint density at radius 2 is 2.10 bits per heavy atom.